The molecule has 1 rings (SSSR count). The third kappa shape index (κ3) is 1.97. The number of nitrogens with two attached hydrogens (primary N) is 1. The van der Waals surface area contributed by atoms with E-state index in [0.29, 0.717) is 12.5 Å². The maximum Gasteiger partial charge on any atom is 0.223 e. The first-order chi connectivity index (χ1) is 5.79. The highest BCUT2D eigenvalue weighted by atomic mass is 16.1. The fraction of sp³-hybridized carbons (Fsp3) is 0.889. The average molecular weight is 170 g/mol. The molecule has 2 atom stereocenters. The molecule has 0 saturated heterocycles. The number of carbonyl (C=O) groups excluding carboxylic acids is 1. The van der Waals surface area contributed by atoms with Crippen LogP contribution >= 0.6 is 0 Å². The van der Waals surface area contributed by atoms with Gasteiger partial charge in [0.05, 0.1) is 0 Å². The molecule has 2 unspecified atom stereocenters. The maximum atomic E-state index is 11.4. The van der Waals surface area contributed by atoms with Crippen molar-refractivity contribution in [1.82, 2.24) is 5.32 Å². The molecule has 1 aliphatic rings. The van der Waals surface area contributed by atoms with E-state index in [1.54, 1.807) is 7.05 Å². The van der Waals surface area contributed by atoms with Crippen molar-refractivity contribution in [2.75, 3.05) is 13.6 Å². The Morgan fingerprint density at radius 2 is 2.17 bits per heavy atom. The second-order valence-electron chi connectivity index (χ2n) is 3.50. The molecule has 70 valence electrons. The molecule has 1 aliphatic carbocycles. The zero-order valence-electron chi connectivity index (χ0n) is 7.68. The summed E-state index contributed by atoms with van der Waals surface area (Å²) in [6.07, 6.45) is 4.54. The van der Waals surface area contributed by atoms with Crippen LogP contribution in [0, 0.1) is 11.8 Å². The minimum atomic E-state index is 0.171. The summed E-state index contributed by atoms with van der Waals surface area (Å²) in [4.78, 5) is 11.4. The van der Waals surface area contributed by atoms with Crippen molar-refractivity contribution in [3.05, 3.63) is 0 Å². The fourth-order valence-corrected chi connectivity index (χ4v) is 2.02. The molecule has 1 amide bonds. The van der Waals surface area contributed by atoms with Gasteiger partial charge in [0.25, 0.3) is 0 Å². The molecular formula is C9H18N2O. The van der Waals surface area contributed by atoms with Crippen LogP contribution in [0.3, 0.4) is 0 Å². The molecule has 0 radical (unpaired) electrons. The maximum absolute atomic E-state index is 11.4. The highest BCUT2D eigenvalue weighted by Crippen LogP contribution is 2.29. The summed E-state index contributed by atoms with van der Waals surface area (Å²) in [6.45, 7) is 0.651. The van der Waals surface area contributed by atoms with Gasteiger partial charge in [-0.1, -0.05) is 12.8 Å². The van der Waals surface area contributed by atoms with Gasteiger partial charge in [0.1, 0.15) is 0 Å². The van der Waals surface area contributed by atoms with Crippen molar-refractivity contribution in [2.24, 2.45) is 17.6 Å². The smallest absolute Gasteiger partial charge is 0.223 e. The van der Waals surface area contributed by atoms with Crippen molar-refractivity contribution in [3.63, 3.8) is 0 Å². The lowest BCUT2D eigenvalue weighted by molar-refractivity contribution is -0.127. The quantitative estimate of drug-likeness (QED) is 0.634. The predicted octanol–water partition coefficient (Wildman–Crippen LogP) is 0.497. The molecular weight excluding hydrogens is 152 g/mol. The first-order valence-electron chi connectivity index (χ1n) is 4.71. The Morgan fingerprint density at radius 1 is 1.50 bits per heavy atom. The molecule has 12 heavy (non-hydrogen) atoms. The summed E-state index contributed by atoms with van der Waals surface area (Å²) >= 11 is 0. The number of amides is 1. The molecule has 0 bridgehead atoms. The normalized spacial score (nSPS) is 29.8. The van der Waals surface area contributed by atoms with Crippen molar-refractivity contribution < 1.29 is 4.79 Å². The van der Waals surface area contributed by atoms with Crippen molar-refractivity contribution in [1.29, 1.82) is 0 Å². The van der Waals surface area contributed by atoms with E-state index in [9.17, 15) is 4.79 Å². The largest absolute Gasteiger partial charge is 0.359 e. The van der Waals surface area contributed by atoms with Gasteiger partial charge in [-0.3, -0.25) is 4.79 Å². The summed E-state index contributed by atoms with van der Waals surface area (Å²) in [5.74, 6) is 0.762. The summed E-state index contributed by atoms with van der Waals surface area (Å²) in [5, 5.41) is 2.70. The number of carbonyl (C=O) groups is 1. The van der Waals surface area contributed by atoms with Gasteiger partial charge >= 0.3 is 0 Å². The lowest BCUT2D eigenvalue weighted by Crippen LogP contribution is -2.37. The molecule has 1 saturated carbocycles. The van der Waals surface area contributed by atoms with Gasteiger partial charge in [-0.2, -0.15) is 0 Å². The summed E-state index contributed by atoms with van der Waals surface area (Å²) in [6, 6.07) is 0. The minimum absolute atomic E-state index is 0.171. The minimum Gasteiger partial charge on any atom is -0.359 e. The Hall–Kier alpha value is -0.570. The van der Waals surface area contributed by atoms with E-state index < -0.39 is 0 Å². The van der Waals surface area contributed by atoms with Crippen LogP contribution in [0.5, 0.6) is 0 Å². The van der Waals surface area contributed by atoms with Gasteiger partial charge in [-0.25, -0.2) is 0 Å². The second-order valence-corrected chi connectivity index (χ2v) is 3.50. The lowest BCUT2D eigenvalue weighted by Gasteiger charge is -2.28. The van der Waals surface area contributed by atoms with E-state index in [-0.39, 0.29) is 11.8 Å². The summed E-state index contributed by atoms with van der Waals surface area (Å²) in [7, 11) is 1.70. The highest BCUT2D eigenvalue weighted by Gasteiger charge is 2.28. The van der Waals surface area contributed by atoms with E-state index in [4.69, 9.17) is 5.73 Å². The van der Waals surface area contributed by atoms with Crippen LogP contribution in [0.25, 0.3) is 0 Å². The van der Waals surface area contributed by atoms with Crippen LogP contribution in [-0.2, 0) is 4.79 Å². The Labute approximate surface area is 73.7 Å². The predicted molar refractivity (Wildman–Crippen MR) is 48.6 cm³/mol. The Balaban J connectivity index is 2.52. The second kappa shape index (κ2) is 4.45. The van der Waals surface area contributed by atoms with Gasteiger partial charge in [-0.05, 0) is 25.3 Å². The van der Waals surface area contributed by atoms with Crippen LogP contribution in [0.4, 0.5) is 0 Å². The SMILES string of the molecule is CNC(=O)C1CCCCC1CN. The highest BCUT2D eigenvalue weighted by molar-refractivity contribution is 5.78. The van der Waals surface area contributed by atoms with E-state index in [1.807, 2.05) is 0 Å². The molecule has 3 N–H and O–H groups in total. The summed E-state index contributed by atoms with van der Waals surface area (Å²) < 4.78 is 0. The Morgan fingerprint density at radius 3 is 2.75 bits per heavy atom. The zero-order valence-corrected chi connectivity index (χ0v) is 7.68. The van der Waals surface area contributed by atoms with E-state index in [0.717, 1.165) is 12.8 Å². The Kier molecular flexibility index (Phi) is 3.53. The van der Waals surface area contributed by atoms with Crippen molar-refractivity contribution in [3.8, 4) is 0 Å². The number of nitrogens with one attached hydrogen (secondary N) is 1. The van der Waals surface area contributed by atoms with Gasteiger partial charge in [0.2, 0.25) is 5.91 Å². The van der Waals surface area contributed by atoms with Crippen molar-refractivity contribution >= 4 is 5.91 Å². The third-order valence-corrected chi connectivity index (χ3v) is 2.79. The zero-order chi connectivity index (χ0) is 8.97. The number of hydrogen-bond donors (Lipinski definition) is 2. The van der Waals surface area contributed by atoms with E-state index >= 15 is 0 Å². The van der Waals surface area contributed by atoms with Crippen LogP contribution in [0.15, 0.2) is 0 Å². The molecule has 0 spiro atoms. The first-order valence-corrected chi connectivity index (χ1v) is 4.71. The van der Waals surface area contributed by atoms with E-state index in [1.165, 1.54) is 12.8 Å². The van der Waals surface area contributed by atoms with Crippen LogP contribution in [0.2, 0.25) is 0 Å². The lowest BCUT2D eigenvalue weighted by atomic mass is 9.79. The molecule has 0 aromatic carbocycles. The molecule has 0 aromatic rings. The van der Waals surface area contributed by atoms with Gasteiger partial charge in [0, 0.05) is 13.0 Å². The third-order valence-electron chi connectivity index (χ3n) is 2.79. The van der Waals surface area contributed by atoms with Crippen LogP contribution < -0.4 is 11.1 Å². The standard InChI is InChI=1S/C9H18N2O/c1-11-9(12)8-5-3-2-4-7(8)6-10/h7-8H,2-6,10H2,1H3,(H,11,12). The molecule has 3 nitrogen and oxygen atoms in total. The topological polar surface area (TPSA) is 55.1 Å². The Bertz CT molecular complexity index is 159. The monoisotopic (exact) mass is 170 g/mol. The molecule has 0 heterocycles. The average Bonchev–Trinajstić information content (AvgIpc) is 2.16. The van der Waals surface area contributed by atoms with Gasteiger partial charge in [0.15, 0.2) is 0 Å². The molecule has 0 aromatic heterocycles. The molecule has 3 heteroatoms. The van der Waals surface area contributed by atoms with Gasteiger partial charge in [-0.15, -0.1) is 0 Å². The fourth-order valence-electron chi connectivity index (χ4n) is 2.02. The summed E-state index contributed by atoms with van der Waals surface area (Å²) in [5.41, 5.74) is 5.61. The molecule has 1 fully saturated rings. The van der Waals surface area contributed by atoms with E-state index in [2.05, 4.69) is 5.32 Å². The molecule has 0 aliphatic heterocycles. The van der Waals surface area contributed by atoms with Gasteiger partial charge < -0.3 is 11.1 Å². The van der Waals surface area contributed by atoms with Crippen LogP contribution in [0.1, 0.15) is 25.7 Å². The van der Waals surface area contributed by atoms with Crippen molar-refractivity contribution in [2.45, 2.75) is 25.7 Å². The first kappa shape index (κ1) is 9.52. The number of rotatable bonds is 2. The number of hydrogen-bond acceptors (Lipinski definition) is 2. The van der Waals surface area contributed by atoms with Crippen LogP contribution in [-0.4, -0.2) is 19.5 Å².